The minimum Gasteiger partial charge on any atom is -0.383 e. The van der Waals surface area contributed by atoms with Crippen molar-refractivity contribution in [2.45, 2.75) is 32.8 Å². The molecule has 1 aromatic heterocycles. The zero-order valence-electron chi connectivity index (χ0n) is 10.4. The van der Waals surface area contributed by atoms with Gasteiger partial charge in [0.25, 0.3) is 0 Å². The molecule has 0 radical (unpaired) electrons. The van der Waals surface area contributed by atoms with E-state index in [1.807, 2.05) is 0 Å². The predicted molar refractivity (Wildman–Crippen MR) is 67.8 cm³/mol. The largest absolute Gasteiger partial charge is 0.383 e. The quantitative estimate of drug-likeness (QED) is 0.828. The number of nitrogen functional groups attached to an aromatic ring is 1. The highest BCUT2D eigenvalue weighted by atomic mass is 16.5. The highest BCUT2D eigenvalue weighted by Gasteiger charge is 2.24. The monoisotopic (exact) mass is 236 g/mol. The molecule has 0 amide bonds. The maximum absolute atomic E-state index is 5.83. The molecule has 5 heteroatoms. The first kappa shape index (κ1) is 12.1. The standard InChI is InChI=1S/C12H20N4O/c1-3-10-11(13)15-7-16-12(10)14-6-9-4-5-17-8(9)2/h7-9H,3-6H2,1-2H3,(H3,13,14,15,16). The van der Waals surface area contributed by atoms with Gasteiger partial charge < -0.3 is 15.8 Å². The topological polar surface area (TPSA) is 73.1 Å². The van der Waals surface area contributed by atoms with Gasteiger partial charge in [0, 0.05) is 24.6 Å². The number of nitrogens with two attached hydrogens (primary N) is 1. The molecule has 2 heterocycles. The number of aromatic nitrogens is 2. The fourth-order valence-electron chi connectivity index (χ4n) is 2.20. The van der Waals surface area contributed by atoms with Gasteiger partial charge in [-0.05, 0) is 19.8 Å². The molecule has 1 saturated heterocycles. The molecule has 2 atom stereocenters. The van der Waals surface area contributed by atoms with E-state index in [-0.39, 0.29) is 0 Å². The molecule has 1 fully saturated rings. The van der Waals surface area contributed by atoms with Crippen LogP contribution in [0.5, 0.6) is 0 Å². The summed E-state index contributed by atoms with van der Waals surface area (Å²) in [4.78, 5) is 8.26. The summed E-state index contributed by atoms with van der Waals surface area (Å²) in [6.07, 6.45) is 3.78. The van der Waals surface area contributed by atoms with Gasteiger partial charge in [-0.25, -0.2) is 9.97 Å². The van der Waals surface area contributed by atoms with Gasteiger partial charge in [0.1, 0.15) is 18.0 Å². The van der Waals surface area contributed by atoms with Crippen molar-refractivity contribution in [2.24, 2.45) is 5.92 Å². The van der Waals surface area contributed by atoms with Gasteiger partial charge >= 0.3 is 0 Å². The van der Waals surface area contributed by atoms with E-state index < -0.39 is 0 Å². The van der Waals surface area contributed by atoms with Crippen molar-refractivity contribution in [3.63, 3.8) is 0 Å². The number of nitrogens with zero attached hydrogens (tertiary/aromatic N) is 2. The van der Waals surface area contributed by atoms with E-state index in [2.05, 4.69) is 29.1 Å². The Balaban J connectivity index is 2.01. The van der Waals surface area contributed by atoms with Crippen LogP contribution in [0.15, 0.2) is 6.33 Å². The van der Waals surface area contributed by atoms with Crippen LogP contribution in [0.3, 0.4) is 0 Å². The SMILES string of the molecule is CCc1c(N)ncnc1NCC1CCOC1C. The summed E-state index contributed by atoms with van der Waals surface area (Å²) in [7, 11) is 0. The average Bonchev–Trinajstić information content (AvgIpc) is 2.72. The van der Waals surface area contributed by atoms with E-state index >= 15 is 0 Å². The van der Waals surface area contributed by atoms with Gasteiger partial charge in [-0.2, -0.15) is 0 Å². The molecule has 0 saturated carbocycles. The Kier molecular flexibility index (Phi) is 3.78. The smallest absolute Gasteiger partial charge is 0.134 e. The summed E-state index contributed by atoms with van der Waals surface area (Å²) in [5.41, 5.74) is 6.83. The van der Waals surface area contributed by atoms with Gasteiger partial charge in [0.05, 0.1) is 6.10 Å². The third-order valence-electron chi connectivity index (χ3n) is 3.40. The van der Waals surface area contributed by atoms with E-state index in [1.165, 1.54) is 6.33 Å². The number of nitrogens with one attached hydrogen (secondary N) is 1. The van der Waals surface area contributed by atoms with Crippen LogP contribution in [-0.4, -0.2) is 29.2 Å². The Morgan fingerprint density at radius 3 is 3.00 bits per heavy atom. The van der Waals surface area contributed by atoms with Crippen LogP contribution in [0.4, 0.5) is 11.6 Å². The van der Waals surface area contributed by atoms with Crippen LogP contribution in [-0.2, 0) is 11.2 Å². The highest BCUT2D eigenvalue weighted by molar-refractivity contribution is 5.54. The number of ether oxygens (including phenoxy) is 1. The third-order valence-corrected chi connectivity index (χ3v) is 3.40. The van der Waals surface area contributed by atoms with Crippen LogP contribution < -0.4 is 11.1 Å². The molecular formula is C12H20N4O. The summed E-state index contributed by atoms with van der Waals surface area (Å²) in [6.45, 7) is 5.92. The molecule has 17 heavy (non-hydrogen) atoms. The lowest BCUT2D eigenvalue weighted by Crippen LogP contribution is -2.22. The molecule has 1 aliphatic heterocycles. The lowest BCUT2D eigenvalue weighted by Gasteiger charge is -2.16. The summed E-state index contributed by atoms with van der Waals surface area (Å²) in [6, 6.07) is 0. The summed E-state index contributed by atoms with van der Waals surface area (Å²) >= 11 is 0. The maximum Gasteiger partial charge on any atom is 0.134 e. The highest BCUT2D eigenvalue weighted by Crippen LogP contribution is 2.22. The van der Waals surface area contributed by atoms with E-state index in [0.717, 1.165) is 37.4 Å². The summed E-state index contributed by atoms with van der Waals surface area (Å²) in [5.74, 6) is 1.98. The van der Waals surface area contributed by atoms with Crippen molar-refractivity contribution >= 4 is 11.6 Å². The molecule has 5 nitrogen and oxygen atoms in total. The fourth-order valence-corrected chi connectivity index (χ4v) is 2.20. The summed E-state index contributed by atoms with van der Waals surface area (Å²) < 4.78 is 5.54. The normalized spacial score (nSPS) is 23.9. The third kappa shape index (κ3) is 2.66. The van der Waals surface area contributed by atoms with Crippen LogP contribution in [0, 0.1) is 5.92 Å². The molecule has 2 unspecified atom stereocenters. The van der Waals surface area contributed by atoms with Crippen LogP contribution in [0.25, 0.3) is 0 Å². The van der Waals surface area contributed by atoms with Gasteiger partial charge in [-0.3, -0.25) is 0 Å². The lowest BCUT2D eigenvalue weighted by atomic mass is 10.0. The van der Waals surface area contributed by atoms with Crippen molar-refractivity contribution in [1.82, 2.24) is 9.97 Å². The maximum atomic E-state index is 5.83. The van der Waals surface area contributed by atoms with Gasteiger partial charge in [0.15, 0.2) is 0 Å². The van der Waals surface area contributed by atoms with E-state index in [1.54, 1.807) is 0 Å². The van der Waals surface area contributed by atoms with Crippen molar-refractivity contribution in [1.29, 1.82) is 0 Å². The number of hydrogen-bond acceptors (Lipinski definition) is 5. The zero-order valence-corrected chi connectivity index (χ0v) is 10.4. The second-order valence-electron chi connectivity index (χ2n) is 4.45. The number of hydrogen-bond donors (Lipinski definition) is 2. The minimum atomic E-state index is 0.326. The van der Waals surface area contributed by atoms with E-state index in [9.17, 15) is 0 Å². The Labute approximate surface area is 102 Å². The second kappa shape index (κ2) is 5.31. The molecule has 0 bridgehead atoms. The Hall–Kier alpha value is -1.36. The predicted octanol–water partition coefficient (Wildman–Crippen LogP) is 1.46. The molecule has 94 valence electrons. The first-order valence-electron chi connectivity index (χ1n) is 6.17. The molecule has 0 aromatic carbocycles. The Bertz CT molecular complexity index is 383. The molecular weight excluding hydrogens is 216 g/mol. The zero-order chi connectivity index (χ0) is 12.3. The fraction of sp³-hybridized carbons (Fsp3) is 0.667. The minimum absolute atomic E-state index is 0.326. The number of rotatable bonds is 4. The molecule has 3 N–H and O–H groups in total. The average molecular weight is 236 g/mol. The Morgan fingerprint density at radius 2 is 2.35 bits per heavy atom. The molecule has 1 aliphatic rings. The molecule has 2 rings (SSSR count). The first-order chi connectivity index (χ1) is 8.22. The van der Waals surface area contributed by atoms with Gasteiger partial charge in [-0.15, -0.1) is 0 Å². The van der Waals surface area contributed by atoms with Crippen LogP contribution >= 0.6 is 0 Å². The molecule has 0 spiro atoms. The number of anilines is 2. The van der Waals surface area contributed by atoms with Crippen molar-refractivity contribution in [3.8, 4) is 0 Å². The van der Waals surface area contributed by atoms with Gasteiger partial charge in [0.2, 0.25) is 0 Å². The van der Waals surface area contributed by atoms with Gasteiger partial charge in [-0.1, -0.05) is 6.92 Å². The van der Waals surface area contributed by atoms with Crippen molar-refractivity contribution in [2.75, 3.05) is 24.2 Å². The van der Waals surface area contributed by atoms with Crippen molar-refractivity contribution in [3.05, 3.63) is 11.9 Å². The first-order valence-corrected chi connectivity index (χ1v) is 6.17. The lowest BCUT2D eigenvalue weighted by molar-refractivity contribution is 0.108. The van der Waals surface area contributed by atoms with Crippen molar-refractivity contribution < 1.29 is 4.74 Å². The summed E-state index contributed by atoms with van der Waals surface area (Å²) in [5, 5.41) is 3.37. The second-order valence-corrected chi connectivity index (χ2v) is 4.45. The van der Waals surface area contributed by atoms with Crippen LogP contribution in [0.1, 0.15) is 25.8 Å². The van der Waals surface area contributed by atoms with E-state index in [4.69, 9.17) is 10.5 Å². The Morgan fingerprint density at radius 1 is 1.53 bits per heavy atom. The van der Waals surface area contributed by atoms with Crippen LogP contribution in [0.2, 0.25) is 0 Å². The molecule has 1 aromatic rings. The van der Waals surface area contributed by atoms with E-state index in [0.29, 0.717) is 17.8 Å². The molecule has 0 aliphatic carbocycles.